The van der Waals surface area contributed by atoms with Gasteiger partial charge in [-0.25, -0.2) is 4.39 Å². The predicted molar refractivity (Wildman–Crippen MR) is 62.3 cm³/mol. The molecule has 1 aromatic rings. The number of rotatable bonds is 2. The van der Waals surface area contributed by atoms with Crippen LogP contribution in [0.5, 0.6) is 5.75 Å². The minimum absolute atomic E-state index is 0.132. The summed E-state index contributed by atoms with van der Waals surface area (Å²) in [5, 5.41) is 12.2. The Balaban J connectivity index is 2.20. The summed E-state index contributed by atoms with van der Waals surface area (Å²) in [5.74, 6) is -2.70. The summed E-state index contributed by atoms with van der Waals surface area (Å²) < 4.78 is 26.9. The highest BCUT2D eigenvalue weighted by Gasteiger charge is 2.20. The Morgan fingerprint density at radius 2 is 1.94 bits per heavy atom. The van der Waals surface area contributed by atoms with Crippen molar-refractivity contribution in [3.8, 4) is 5.75 Å². The lowest BCUT2D eigenvalue weighted by atomic mass is 9.90. The topological polar surface area (TPSA) is 32.3 Å². The van der Waals surface area contributed by atoms with Gasteiger partial charge in [0.05, 0.1) is 5.02 Å². The van der Waals surface area contributed by atoms with Crippen LogP contribution in [0.3, 0.4) is 0 Å². The van der Waals surface area contributed by atoms with E-state index >= 15 is 0 Å². The van der Waals surface area contributed by atoms with E-state index in [1.807, 2.05) is 0 Å². The van der Waals surface area contributed by atoms with Crippen LogP contribution in [0.1, 0.15) is 18.4 Å². The predicted octanol–water partition coefficient (Wildman–Crippen LogP) is 2.87. The molecule has 0 radical (unpaired) electrons. The van der Waals surface area contributed by atoms with Gasteiger partial charge in [0.25, 0.3) is 0 Å². The molecule has 1 aromatic carbocycles. The molecular formula is C12H14ClF2NO. The molecule has 2 N–H and O–H groups in total. The van der Waals surface area contributed by atoms with Gasteiger partial charge in [-0.05, 0) is 49.9 Å². The Bertz CT molecular complexity index is 419. The third kappa shape index (κ3) is 2.69. The fraction of sp³-hybridized carbons (Fsp3) is 0.500. The zero-order valence-electron chi connectivity index (χ0n) is 9.27. The second-order valence-electron chi connectivity index (χ2n) is 4.39. The average Bonchev–Trinajstić information content (AvgIpc) is 2.35. The summed E-state index contributed by atoms with van der Waals surface area (Å²) in [7, 11) is 0. The molecule has 1 aliphatic rings. The van der Waals surface area contributed by atoms with Crippen LogP contribution in [0.25, 0.3) is 0 Å². The number of piperidine rings is 1. The maximum absolute atomic E-state index is 13.6. The van der Waals surface area contributed by atoms with Gasteiger partial charge in [-0.3, -0.25) is 0 Å². The summed E-state index contributed by atoms with van der Waals surface area (Å²) in [4.78, 5) is 0. The molecule has 0 unspecified atom stereocenters. The molecule has 0 bridgehead atoms. The van der Waals surface area contributed by atoms with Gasteiger partial charge in [-0.1, -0.05) is 11.6 Å². The van der Waals surface area contributed by atoms with Crippen molar-refractivity contribution in [1.82, 2.24) is 5.32 Å². The van der Waals surface area contributed by atoms with Crippen LogP contribution >= 0.6 is 11.6 Å². The van der Waals surface area contributed by atoms with Gasteiger partial charge in [0.2, 0.25) is 5.82 Å². The second-order valence-corrected chi connectivity index (χ2v) is 4.80. The minimum atomic E-state index is -1.25. The van der Waals surface area contributed by atoms with E-state index in [9.17, 15) is 8.78 Å². The molecule has 1 aliphatic heterocycles. The van der Waals surface area contributed by atoms with Gasteiger partial charge < -0.3 is 10.4 Å². The van der Waals surface area contributed by atoms with E-state index in [0.717, 1.165) is 25.9 Å². The maximum Gasteiger partial charge on any atom is 0.202 e. The van der Waals surface area contributed by atoms with Crippen LogP contribution in [0.15, 0.2) is 6.07 Å². The van der Waals surface area contributed by atoms with Crippen molar-refractivity contribution in [2.45, 2.75) is 19.3 Å². The van der Waals surface area contributed by atoms with Crippen LogP contribution < -0.4 is 5.32 Å². The number of phenols is 1. The lowest BCUT2D eigenvalue weighted by Crippen LogP contribution is -2.28. The largest absolute Gasteiger partial charge is 0.504 e. The summed E-state index contributed by atoms with van der Waals surface area (Å²) >= 11 is 5.64. The van der Waals surface area contributed by atoms with Crippen molar-refractivity contribution >= 4 is 11.6 Å². The first-order chi connectivity index (χ1) is 8.09. The molecular weight excluding hydrogens is 248 g/mol. The van der Waals surface area contributed by atoms with Crippen molar-refractivity contribution in [3.05, 3.63) is 28.3 Å². The SMILES string of the molecule is Oc1c(Cl)cc(CC2CCNCC2)c(F)c1F. The van der Waals surface area contributed by atoms with Crippen molar-refractivity contribution in [3.63, 3.8) is 0 Å². The van der Waals surface area contributed by atoms with Gasteiger partial charge in [0.15, 0.2) is 11.6 Å². The second kappa shape index (κ2) is 5.19. The molecule has 17 heavy (non-hydrogen) atoms. The molecule has 0 aliphatic carbocycles. The number of phenolic OH excluding ortho intramolecular Hbond substituents is 1. The van der Waals surface area contributed by atoms with E-state index in [0.29, 0.717) is 12.3 Å². The van der Waals surface area contributed by atoms with E-state index in [1.54, 1.807) is 0 Å². The van der Waals surface area contributed by atoms with Crippen LogP contribution in [0.4, 0.5) is 8.78 Å². The number of aromatic hydroxyl groups is 1. The molecule has 1 saturated heterocycles. The molecule has 0 atom stereocenters. The molecule has 0 saturated carbocycles. The van der Waals surface area contributed by atoms with Crippen molar-refractivity contribution < 1.29 is 13.9 Å². The number of benzene rings is 1. The molecule has 0 amide bonds. The van der Waals surface area contributed by atoms with Crippen molar-refractivity contribution in [2.75, 3.05) is 13.1 Å². The summed E-state index contributed by atoms with van der Waals surface area (Å²) in [6, 6.07) is 1.32. The van der Waals surface area contributed by atoms with E-state index in [1.165, 1.54) is 6.07 Å². The molecule has 5 heteroatoms. The molecule has 0 spiro atoms. The van der Waals surface area contributed by atoms with Gasteiger partial charge >= 0.3 is 0 Å². The minimum Gasteiger partial charge on any atom is -0.504 e. The summed E-state index contributed by atoms with van der Waals surface area (Å²) in [6.07, 6.45) is 2.35. The Hall–Kier alpha value is -0.870. The normalized spacial score (nSPS) is 17.4. The van der Waals surface area contributed by atoms with Crippen molar-refractivity contribution in [2.24, 2.45) is 5.92 Å². The molecule has 2 rings (SSSR count). The first-order valence-electron chi connectivity index (χ1n) is 5.65. The highest BCUT2D eigenvalue weighted by molar-refractivity contribution is 6.32. The number of halogens is 3. The molecule has 94 valence electrons. The van der Waals surface area contributed by atoms with E-state index in [2.05, 4.69) is 5.32 Å². The van der Waals surface area contributed by atoms with Gasteiger partial charge in [0.1, 0.15) is 0 Å². The Morgan fingerprint density at radius 3 is 2.59 bits per heavy atom. The molecule has 1 fully saturated rings. The fourth-order valence-corrected chi connectivity index (χ4v) is 2.39. The Morgan fingerprint density at radius 1 is 1.29 bits per heavy atom. The number of hydrogen-bond donors (Lipinski definition) is 2. The van der Waals surface area contributed by atoms with E-state index < -0.39 is 17.4 Å². The smallest absolute Gasteiger partial charge is 0.202 e. The van der Waals surface area contributed by atoms with Crippen LogP contribution in [-0.4, -0.2) is 18.2 Å². The lowest BCUT2D eigenvalue weighted by Gasteiger charge is -2.22. The monoisotopic (exact) mass is 261 g/mol. The van der Waals surface area contributed by atoms with Crippen molar-refractivity contribution in [1.29, 1.82) is 0 Å². The summed E-state index contributed by atoms with van der Waals surface area (Å²) in [6.45, 7) is 1.81. The third-order valence-electron chi connectivity index (χ3n) is 3.18. The van der Waals surface area contributed by atoms with Crippen LogP contribution in [0, 0.1) is 17.6 Å². The zero-order valence-corrected chi connectivity index (χ0v) is 10.0. The maximum atomic E-state index is 13.6. The van der Waals surface area contributed by atoms with Gasteiger partial charge in [-0.15, -0.1) is 0 Å². The average molecular weight is 262 g/mol. The molecule has 0 aromatic heterocycles. The van der Waals surface area contributed by atoms with E-state index in [-0.39, 0.29) is 10.6 Å². The third-order valence-corrected chi connectivity index (χ3v) is 3.47. The fourth-order valence-electron chi connectivity index (χ4n) is 2.18. The quantitative estimate of drug-likeness (QED) is 0.803. The molecule has 1 heterocycles. The Labute approximate surface area is 104 Å². The molecule has 2 nitrogen and oxygen atoms in total. The summed E-state index contributed by atoms with van der Waals surface area (Å²) in [5.41, 5.74) is 0.247. The van der Waals surface area contributed by atoms with E-state index in [4.69, 9.17) is 16.7 Å². The number of nitrogens with one attached hydrogen (secondary N) is 1. The highest BCUT2D eigenvalue weighted by atomic mass is 35.5. The lowest BCUT2D eigenvalue weighted by molar-refractivity contribution is 0.361. The van der Waals surface area contributed by atoms with Gasteiger partial charge in [-0.2, -0.15) is 4.39 Å². The zero-order chi connectivity index (χ0) is 12.4. The van der Waals surface area contributed by atoms with Gasteiger partial charge in [0, 0.05) is 0 Å². The van der Waals surface area contributed by atoms with Crippen LogP contribution in [0.2, 0.25) is 5.02 Å². The number of hydrogen-bond acceptors (Lipinski definition) is 2. The standard InChI is InChI=1S/C12H14ClF2NO/c13-9-6-8(10(14)11(15)12(9)17)5-7-1-3-16-4-2-7/h6-7,16-17H,1-5H2. The highest BCUT2D eigenvalue weighted by Crippen LogP contribution is 2.32. The van der Waals surface area contributed by atoms with Crippen LogP contribution in [-0.2, 0) is 6.42 Å². The first kappa shape index (κ1) is 12.6. The Kier molecular flexibility index (Phi) is 3.84. The first-order valence-corrected chi connectivity index (χ1v) is 6.03.